The molecule has 2 aliphatic carbocycles. The first kappa shape index (κ1) is 16.0. The molecule has 0 aromatic rings. The summed E-state index contributed by atoms with van der Waals surface area (Å²) in [6.45, 7) is 12.3. The summed E-state index contributed by atoms with van der Waals surface area (Å²) in [5.74, 6) is -0.164. The highest BCUT2D eigenvalue weighted by atomic mass is 16.5. The molecule has 0 amide bonds. The van der Waals surface area contributed by atoms with E-state index in [4.69, 9.17) is 4.74 Å². The number of ether oxygens (including phenoxy) is 1. The van der Waals surface area contributed by atoms with Crippen molar-refractivity contribution < 1.29 is 14.3 Å². The maximum Gasteiger partial charge on any atom is 0.313 e. The van der Waals surface area contributed by atoms with Crippen LogP contribution in [-0.2, 0) is 14.3 Å². The fourth-order valence-corrected chi connectivity index (χ4v) is 4.00. The predicted octanol–water partition coefficient (Wildman–Crippen LogP) is 3.69. The Morgan fingerprint density at radius 2 is 2.14 bits per heavy atom. The Bertz CT molecular complexity index is 501. The molecule has 0 aromatic carbocycles. The van der Waals surface area contributed by atoms with E-state index in [0.29, 0.717) is 13.0 Å². The summed E-state index contributed by atoms with van der Waals surface area (Å²) < 4.78 is 5.12. The first-order valence-electron chi connectivity index (χ1n) is 7.83. The van der Waals surface area contributed by atoms with Crippen molar-refractivity contribution in [3.8, 4) is 0 Å². The minimum atomic E-state index is -0.389. The Kier molecular flexibility index (Phi) is 4.14. The topological polar surface area (TPSA) is 43.4 Å². The van der Waals surface area contributed by atoms with Crippen molar-refractivity contribution in [1.82, 2.24) is 0 Å². The third-order valence-corrected chi connectivity index (χ3v) is 5.76. The smallest absolute Gasteiger partial charge is 0.313 e. The van der Waals surface area contributed by atoms with Crippen LogP contribution in [0.2, 0.25) is 0 Å². The quantitative estimate of drug-likeness (QED) is 0.440. The van der Waals surface area contributed by atoms with Crippen molar-refractivity contribution in [1.29, 1.82) is 0 Å². The maximum atomic E-state index is 12.8. The molecule has 3 heteroatoms. The molecule has 0 radical (unpaired) electrons. The number of ketones is 1. The molecule has 0 spiro atoms. The molecule has 0 aliphatic heterocycles. The van der Waals surface area contributed by atoms with Crippen LogP contribution in [0.1, 0.15) is 47.0 Å². The van der Waals surface area contributed by atoms with E-state index in [0.717, 1.165) is 18.4 Å². The molecule has 21 heavy (non-hydrogen) atoms. The fraction of sp³-hybridized carbons (Fsp3) is 0.667. The average molecular weight is 290 g/mol. The summed E-state index contributed by atoms with van der Waals surface area (Å²) in [5.41, 5.74) is 0.536. The van der Waals surface area contributed by atoms with Crippen LogP contribution in [0.5, 0.6) is 0 Å². The number of carbonyl (C=O) groups excluding carboxylic acids is 2. The van der Waals surface area contributed by atoms with Gasteiger partial charge in [-0.05, 0) is 43.1 Å². The number of hydrogen-bond acceptors (Lipinski definition) is 3. The van der Waals surface area contributed by atoms with Gasteiger partial charge in [-0.2, -0.15) is 0 Å². The molecule has 3 atom stereocenters. The van der Waals surface area contributed by atoms with Gasteiger partial charge in [0.25, 0.3) is 0 Å². The summed E-state index contributed by atoms with van der Waals surface area (Å²) in [6, 6.07) is 0. The molecular formula is C18H26O3. The van der Waals surface area contributed by atoms with Crippen molar-refractivity contribution in [2.75, 3.05) is 6.61 Å². The molecule has 3 nitrogen and oxygen atoms in total. The number of allylic oxidation sites excluding steroid dienone is 2. The maximum absolute atomic E-state index is 12.8. The third kappa shape index (κ3) is 2.27. The summed E-state index contributed by atoms with van der Waals surface area (Å²) in [7, 11) is 0. The van der Waals surface area contributed by atoms with Crippen LogP contribution in [0.3, 0.4) is 0 Å². The largest absolute Gasteiger partial charge is 0.466 e. The van der Waals surface area contributed by atoms with E-state index < -0.39 is 0 Å². The molecule has 2 fully saturated rings. The Balaban J connectivity index is 2.34. The summed E-state index contributed by atoms with van der Waals surface area (Å²) in [6.07, 6.45) is 6.07. The number of fused-ring (bicyclic) bond motifs is 2. The highest BCUT2D eigenvalue weighted by molar-refractivity contribution is 6.05. The normalized spacial score (nSPS) is 33.2. The highest BCUT2D eigenvalue weighted by Gasteiger charge is 2.63. The van der Waals surface area contributed by atoms with E-state index >= 15 is 0 Å². The lowest BCUT2D eigenvalue weighted by Crippen LogP contribution is -2.32. The lowest BCUT2D eigenvalue weighted by atomic mass is 9.70. The van der Waals surface area contributed by atoms with Crippen molar-refractivity contribution >= 4 is 11.8 Å². The van der Waals surface area contributed by atoms with Crippen LogP contribution >= 0.6 is 0 Å². The Morgan fingerprint density at radius 1 is 1.48 bits per heavy atom. The molecule has 0 heterocycles. The van der Waals surface area contributed by atoms with E-state index in [1.54, 1.807) is 13.0 Å². The number of Topliss-reactive ketones (excluding diaryl/α,β-unsaturated/α-hetero) is 1. The zero-order valence-electron chi connectivity index (χ0n) is 13.6. The molecule has 0 saturated heterocycles. The standard InChI is InChI=1S/C18H26O3/c1-6-8-12(16(20)21-7-2)11-13-14-9-10-18(5,15(13)19)17(14,3)4/h6,11-12,14H,1,7-10H2,2-5H3/b13-11+/t12-,14+,18-/m0/s1. The minimum absolute atomic E-state index is 0.0245. The zero-order chi connectivity index (χ0) is 15.8. The monoisotopic (exact) mass is 290 g/mol. The summed E-state index contributed by atoms with van der Waals surface area (Å²) in [5, 5.41) is 0. The van der Waals surface area contributed by atoms with Crippen LogP contribution in [0.15, 0.2) is 24.3 Å². The van der Waals surface area contributed by atoms with Gasteiger partial charge in [-0.3, -0.25) is 9.59 Å². The van der Waals surface area contributed by atoms with Gasteiger partial charge in [0.15, 0.2) is 5.78 Å². The summed E-state index contributed by atoms with van der Waals surface area (Å²) >= 11 is 0. The Hall–Kier alpha value is -1.38. The van der Waals surface area contributed by atoms with Gasteiger partial charge in [-0.1, -0.05) is 32.9 Å². The van der Waals surface area contributed by atoms with Crippen molar-refractivity contribution in [2.24, 2.45) is 22.7 Å². The van der Waals surface area contributed by atoms with E-state index in [1.807, 2.05) is 6.08 Å². The molecule has 2 aliphatic rings. The second-order valence-electron chi connectivity index (χ2n) is 6.98. The lowest BCUT2D eigenvalue weighted by molar-refractivity contribution is -0.146. The molecular weight excluding hydrogens is 264 g/mol. The van der Waals surface area contributed by atoms with Crippen LogP contribution in [0.4, 0.5) is 0 Å². The molecule has 0 N–H and O–H groups in total. The second kappa shape index (κ2) is 5.43. The molecule has 0 unspecified atom stereocenters. The van der Waals surface area contributed by atoms with Crippen molar-refractivity contribution in [3.05, 3.63) is 24.3 Å². The van der Waals surface area contributed by atoms with Gasteiger partial charge in [0.2, 0.25) is 0 Å². The molecule has 0 aromatic heterocycles. The van der Waals surface area contributed by atoms with Crippen molar-refractivity contribution in [3.63, 3.8) is 0 Å². The van der Waals surface area contributed by atoms with Gasteiger partial charge >= 0.3 is 5.97 Å². The van der Waals surface area contributed by atoms with Gasteiger partial charge in [-0.15, -0.1) is 6.58 Å². The molecule has 2 bridgehead atoms. The second-order valence-corrected chi connectivity index (χ2v) is 6.98. The minimum Gasteiger partial charge on any atom is -0.466 e. The van der Waals surface area contributed by atoms with Gasteiger partial charge in [-0.25, -0.2) is 0 Å². The van der Waals surface area contributed by atoms with E-state index in [9.17, 15) is 9.59 Å². The number of carbonyl (C=O) groups is 2. The van der Waals surface area contributed by atoms with Gasteiger partial charge < -0.3 is 4.74 Å². The highest BCUT2D eigenvalue weighted by Crippen LogP contribution is 2.65. The van der Waals surface area contributed by atoms with Gasteiger partial charge in [0.1, 0.15) is 0 Å². The van der Waals surface area contributed by atoms with Gasteiger partial charge in [0.05, 0.1) is 12.5 Å². The van der Waals surface area contributed by atoms with Crippen LogP contribution < -0.4 is 0 Å². The molecule has 2 rings (SSSR count). The van der Waals surface area contributed by atoms with Crippen molar-refractivity contribution in [2.45, 2.75) is 47.0 Å². The average Bonchev–Trinajstić information content (AvgIpc) is 2.72. The fourth-order valence-electron chi connectivity index (χ4n) is 4.00. The van der Waals surface area contributed by atoms with Gasteiger partial charge in [0, 0.05) is 5.41 Å². The number of hydrogen-bond donors (Lipinski definition) is 0. The SMILES string of the molecule is C=CC[C@@H](/C=C1/C(=O)[C@]2(C)CC[C@H]1C2(C)C)C(=O)OCC. The third-order valence-electron chi connectivity index (χ3n) is 5.76. The first-order chi connectivity index (χ1) is 9.79. The van der Waals surface area contributed by atoms with Crippen LogP contribution in [-0.4, -0.2) is 18.4 Å². The van der Waals surface area contributed by atoms with E-state index in [1.165, 1.54) is 0 Å². The number of rotatable bonds is 5. The summed E-state index contributed by atoms with van der Waals surface area (Å²) in [4.78, 5) is 24.8. The zero-order valence-corrected chi connectivity index (χ0v) is 13.6. The first-order valence-corrected chi connectivity index (χ1v) is 7.83. The predicted molar refractivity (Wildman–Crippen MR) is 82.6 cm³/mol. The van der Waals surface area contributed by atoms with E-state index in [-0.39, 0.29) is 34.4 Å². The lowest BCUT2D eigenvalue weighted by Gasteiger charge is -2.31. The van der Waals surface area contributed by atoms with E-state index in [2.05, 4.69) is 27.4 Å². The number of esters is 1. The Labute approximate surface area is 127 Å². The Morgan fingerprint density at radius 3 is 2.62 bits per heavy atom. The molecule has 2 saturated carbocycles. The van der Waals surface area contributed by atoms with Crippen LogP contribution in [0, 0.1) is 22.7 Å². The van der Waals surface area contributed by atoms with Crippen LogP contribution in [0.25, 0.3) is 0 Å². The molecule has 116 valence electrons.